The zero-order valence-corrected chi connectivity index (χ0v) is 15.7. The quantitative estimate of drug-likeness (QED) is 0.733. The Morgan fingerprint density at radius 1 is 1.16 bits per heavy atom. The smallest absolute Gasteiger partial charge is 0.0989 e. The van der Waals surface area contributed by atoms with Crippen LogP contribution in [0, 0.1) is 39.9 Å². The maximum atomic E-state index is 8.17. The van der Waals surface area contributed by atoms with Gasteiger partial charge in [0.05, 0.1) is 6.33 Å². The normalized spacial score (nSPS) is 46.2. The molecule has 0 saturated heterocycles. The van der Waals surface area contributed by atoms with E-state index in [0.717, 1.165) is 42.2 Å². The molecule has 0 bridgehead atoms. The van der Waals surface area contributed by atoms with Crippen LogP contribution in [0.25, 0.3) is 5.70 Å². The molecule has 3 saturated carbocycles. The Labute approximate surface area is 151 Å². The van der Waals surface area contributed by atoms with Gasteiger partial charge in [-0.2, -0.15) is 0 Å². The fourth-order valence-corrected chi connectivity index (χ4v) is 7.43. The van der Waals surface area contributed by atoms with Crippen molar-refractivity contribution in [3.63, 3.8) is 0 Å². The Morgan fingerprint density at radius 3 is 2.84 bits per heavy atom. The van der Waals surface area contributed by atoms with Crippen molar-refractivity contribution < 1.29 is 0 Å². The summed E-state index contributed by atoms with van der Waals surface area (Å²) in [5, 5.41) is 8.17. The summed E-state index contributed by atoms with van der Waals surface area (Å²) in [7, 11) is 0. The Morgan fingerprint density at radius 2 is 2.04 bits per heavy atom. The monoisotopic (exact) mass is 337 g/mol. The molecule has 1 aromatic heterocycles. The lowest BCUT2D eigenvalue weighted by atomic mass is 9.45. The number of fused-ring (bicyclic) bond motifs is 5. The van der Waals surface area contributed by atoms with Gasteiger partial charge in [0, 0.05) is 29.2 Å². The van der Waals surface area contributed by atoms with Gasteiger partial charge in [0.2, 0.25) is 0 Å². The van der Waals surface area contributed by atoms with Crippen molar-refractivity contribution in [1.82, 2.24) is 9.55 Å². The number of nitrogens with zero attached hydrogens (tertiary/aromatic N) is 2. The molecular weight excluding hydrogens is 306 g/mol. The highest BCUT2D eigenvalue weighted by Crippen LogP contribution is 2.66. The first-order chi connectivity index (χ1) is 12.0. The van der Waals surface area contributed by atoms with Crippen molar-refractivity contribution in [2.75, 3.05) is 0 Å². The minimum atomic E-state index is 0.326. The van der Waals surface area contributed by atoms with E-state index in [0.29, 0.717) is 10.8 Å². The fraction of sp³-hybridized carbons (Fsp3) is 0.727. The number of nitrogens with one attached hydrogen (secondary N) is 1. The Balaban J connectivity index is 1.45. The van der Waals surface area contributed by atoms with Gasteiger partial charge in [-0.25, -0.2) is 4.98 Å². The summed E-state index contributed by atoms with van der Waals surface area (Å²) < 4.78 is 2.27. The summed E-state index contributed by atoms with van der Waals surface area (Å²) in [5.41, 5.74) is 3.34. The third-order valence-corrected chi connectivity index (χ3v) is 8.85. The van der Waals surface area contributed by atoms with E-state index >= 15 is 0 Å². The average molecular weight is 338 g/mol. The minimum Gasteiger partial charge on any atom is -0.310 e. The molecule has 0 aromatic carbocycles. The summed E-state index contributed by atoms with van der Waals surface area (Å²) in [6.45, 7) is 5.11. The van der Waals surface area contributed by atoms with E-state index in [2.05, 4.69) is 35.7 Å². The van der Waals surface area contributed by atoms with Crippen molar-refractivity contribution >= 4 is 11.4 Å². The molecule has 1 aromatic rings. The highest BCUT2D eigenvalue weighted by atomic mass is 15.1. The first kappa shape index (κ1) is 15.8. The molecule has 6 atom stereocenters. The molecule has 3 nitrogen and oxygen atoms in total. The van der Waals surface area contributed by atoms with Crippen LogP contribution in [-0.2, 0) is 0 Å². The molecular formula is C22H31N3. The van der Waals surface area contributed by atoms with Gasteiger partial charge in [0.1, 0.15) is 0 Å². The Hall–Kier alpha value is -1.38. The molecule has 0 amide bonds. The van der Waals surface area contributed by atoms with E-state index in [1.54, 1.807) is 0 Å². The SMILES string of the molecule is C[C@]12CCC(=N)CC1CC[C@@H]1[C@@H]2CC[C@]2(C)C(n3ccnc3)=CC[C@@H]12. The third-order valence-electron chi connectivity index (χ3n) is 8.85. The molecule has 0 spiro atoms. The number of imidazole rings is 1. The molecule has 5 rings (SSSR count). The standard InChI is InChI=1S/C22H31N3/c1-21-9-7-16(23)13-15(21)3-4-17-18-5-6-20(25-12-11-24-14-25)22(18,2)10-8-19(17)21/h6,11-12,14-15,17-19,23H,3-5,7-10,13H2,1-2H3/t15?,17-,18-,19-,21-,22-/m0/s1. The second kappa shape index (κ2) is 5.31. The summed E-state index contributed by atoms with van der Waals surface area (Å²) in [5.74, 6) is 3.35. The highest BCUT2D eigenvalue weighted by molar-refractivity contribution is 5.82. The summed E-state index contributed by atoms with van der Waals surface area (Å²) in [6, 6.07) is 0. The zero-order chi connectivity index (χ0) is 17.2. The van der Waals surface area contributed by atoms with Crippen LogP contribution in [0.1, 0.15) is 65.2 Å². The minimum absolute atomic E-state index is 0.326. The van der Waals surface area contributed by atoms with E-state index < -0.39 is 0 Å². The largest absolute Gasteiger partial charge is 0.310 e. The number of hydrogen-bond donors (Lipinski definition) is 1. The molecule has 1 heterocycles. The van der Waals surface area contributed by atoms with E-state index in [-0.39, 0.29) is 0 Å². The van der Waals surface area contributed by atoms with Crippen molar-refractivity contribution in [1.29, 1.82) is 5.41 Å². The van der Waals surface area contributed by atoms with Crippen molar-refractivity contribution in [3.05, 3.63) is 24.8 Å². The van der Waals surface area contributed by atoms with Gasteiger partial charge in [-0.15, -0.1) is 0 Å². The first-order valence-electron chi connectivity index (χ1n) is 10.3. The number of aromatic nitrogens is 2. The van der Waals surface area contributed by atoms with Gasteiger partial charge < -0.3 is 9.98 Å². The lowest BCUT2D eigenvalue weighted by Gasteiger charge is -2.60. The van der Waals surface area contributed by atoms with Crippen molar-refractivity contribution in [3.8, 4) is 0 Å². The molecule has 4 aliphatic rings. The van der Waals surface area contributed by atoms with E-state index in [9.17, 15) is 0 Å². The zero-order valence-electron chi connectivity index (χ0n) is 15.7. The molecule has 3 fully saturated rings. The van der Waals surface area contributed by atoms with Crippen LogP contribution in [0.4, 0.5) is 0 Å². The number of allylic oxidation sites excluding steroid dienone is 2. The van der Waals surface area contributed by atoms with Gasteiger partial charge in [-0.1, -0.05) is 19.9 Å². The van der Waals surface area contributed by atoms with Crippen LogP contribution in [-0.4, -0.2) is 15.3 Å². The summed E-state index contributed by atoms with van der Waals surface area (Å²) in [4.78, 5) is 4.29. The van der Waals surface area contributed by atoms with Gasteiger partial charge >= 0.3 is 0 Å². The third kappa shape index (κ3) is 2.10. The van der Waals surface area contributed by atoms with E-state index in [4.69, 9.17) is 5.41 Å². The van der Waals surface area contributed by atoms with Crippen LogP contribution in [0.15, 0.2) is 24.8 Å². The van der Waals surface area contributed by atoms with Gasteiger partial charge in [0.25, 0.3) is 0 Å². The molecule has 25 heavy (non-hydrogen) atoms. The van der Waals surface area contributed by atoms with Crippen LogP contribution in [0.5, 0.6) is 0 Å². The molecule has 1 unspecified atom stereocenters. The van der Waals surface area contributed by atoms with E-state index in [1.165, 1.54) is 44.2 Å². The fourth-order valence-electron chi connectivity index (χ4n) is 7.43. The van der Waals surface area contributed by atoms with Crippen LogP contribution < -0.4 is 0 Å². The molecule has 4 aliphatic carbocycles. The van der Waals surface area contributed by atoms with E-state index in [1.807, 2.05) is 12.5 Å². The maximum absolute atomic E-state index is 8.17. The Kier molecular flexibility index (Phi) is 3.37. The molecule has 0 radical (unpaired) electrons. The van der Waals surface area contributed by atoms with Crippen LogP contribution in [0.2, 0.25) is 0 Å². The Bertz CT molecular complexity index is 718. The maximum Gasteiger partial charge on any atom is 0.0989 e. The number of hydrogen-bond acceptors (Lipinski definition) is 2. The summed E-state index contributed by atoms with van der Waals surface area (Å²) >= 11 is 0. The van der Waals surface area contributed by atoms with Crippen molar-refractivity contribution in [2.45, 2.75) is 65.2 Å². The lowest BCUT2D eigenvalue weighted by Crippen LogP contribution is -2.53. The second-order valence-corrected chi connectivity index (χ2v) is 9.72. The predicted octanol–water partition coefficient (Wildman–Crippen LogP) is 5.40. The lowest BCUT2D eigenvalue weighted by molar-refractivity contribution is -0.0843. The topological polar surface area (TPSA) is 41.7 Å². The first-order valence-corrected chi connectivity index (χ1v) is 10.3. The van der Waals surface area contributed by atoms with Crippen molar-refractivity contribution in [2.24, 2.45) is 34.5 Å². The molecule has 3 heteroatoms. The molecule has 1 N–H and O–H groups in total. The second-order valence-electron chi connectivity index (χ2n) is 9.72. The average Bonchev–Trinajstić information content (AvgIpc) is 3.22. The van der Waals surface area contributed by atoms with Gasteiger partial charge in [-0.3, -0.25) is 0 Å². The van der Waals surface area contributed by atoms with Crippen LogP contribution >= 0.6 is 0 Å². The molecule has 0 aliphatic heterocycles. The van der Waals surface area contributed by atoms with Gasteiger partial charge in [0.15, 0.2) is 0 Å². The van der Waals surface area contributed by atoms with Crippen LogP contribution in [0.3, 0.4) is 0 Å². The molecule has 134 valence electrons. The van der Waals surface area contributed by atoms with Gasteiger partial charge in [-0.05, 0) is 80.5 Å². The number of rotatable bonds is 1. The predicted molar refractivity (Wildman–Crippen MR) is 101 cm³/mol. The highest BCUT2D eigenvalue weighted by Gasteiger charge is 2.58. The summed E-state index contributed by atoms with van der Waals surface area (Å²) in [6.07, 6.45) is 18.6.